The number of hydrogen-bond donors (Lipinski definition) is 2. The summed E-state index contributed by atoms with van der Waals surface area (Å²) in [6, 6.07) is 0. The van der Waals surface area contributed by atoms with Gasteiger partial charge in [0.2, 0.25) is 0 Å². The molecule has 3 rings (SSSR count). The van der Waals surface area contributed by atoms with Gasteiger partial charge in [-0.2, -0.15) is 0 Å². The van der Waals surface area contributed by atoms with Crippen LogP contribution in [0.2, 0.25) is 0 Å². The summed E-state index contributed by atoms with van der Waals surface area (Å²) in [5.41, 5.74) is -2.50. The van der Waals surface area contributed by atoms with Crippen LogP contribution in [-0.4, -0.2) is 33.5 Å². The standard InChI is InChI=1S/C14H22O4/c1-9(2)18-10(15)12-4-11(3,16)5-13(6-12)8-14(13,17)7-12/h9,16-17H,4-8H2,1-3H3. The number of carbonyl (C=O) groups is 1. The third-order valence-electron chi connectivity index (χ3n) is 5.01. The van der Waals surface area contributed by atoms with Crippen LogP contribution in [0.5, 0.6) is 0 Å². The van der Waals surface area contributed by atoms with E-state index < -0.39 is 16.6 Å². The van der Waals surface area contributed by atoms with Gasteiger partial charge in [0.05, 0.1) is 22.7 Å². The highest BCUT2D eigenvalue weighted by Crippen LogP contribution is 2.78. The molecule has 4 nitrogen and oxygen atoms in total. The van der Waals surface area contributed by atoms with Gasteiger partial charge in [0.15, 0.2) is 0 Å². The molecule has 4 unspecified atom stereocenters. The Bertz CT molecular complexity index is 407. The van der Waals surface area contributed by atoms with E-state index in [0.29, 0.717) is 25.7 Å². The molecule has 0 heterocycles. The smallest absolute Gasteiger partial charge is 0.312 e. The van der Waals surface area contributed by atoms with Crippen molar-refractivity contribution in [2.24, 2.45) is 10.8 Å². The second-order valence-corrected chi connectivity index (χ2v) is 7.43. The van der Waals surface area contributed by atoms with Crippen molar-refractivity contribution in [1.29, 1.82) is 0 Å². The number of rotatable bonds is 2. The molecule has 0 aromatic carbocycles. The van der Waals surface area contributed by atoms with E-state index in [1.54, 1.807) is 6.92 Å². The first-order valence-electron chi connectivity index (χ1n) is 6.78. The number of aliphatic hydroxyl groups is 2. The molecule has 3 fully saturated rings. The van der Waals surface area contributed by atoms with Crippen molar-refractivity contribution in [3.63, 3.8) is 0 Å². The van der Waals surface area contributed by atoms with E-state index in [-0.39, 0.29) is 17.5 Å². The number of fused-ring (bicyclic) bond motifs is 1. The van der Waals surface area contributed by atoms with Gasteiger partial charge >= 0.3 is 5.97 Å². The lowest BCUT2D eigenvalue weighted by Crippen LogP contribution is -2.46. The lowest BCUT2D eigenvalue weighted by atomic mass is 9.65. The van der Waals surface area contributed by atoms with Gasteiger partial charge < -0.3 is 14.9 Å². The van der Waals surface area contributed by atoms with E-state index >= 15 is 0 Å². The molecule has 0 aliphatic heterocycles. The quantitative estimate of drug-likeness (QED) is 0.731. The van der Waals surface area contributed by atoms with E-state index in [4.69, 9.17) is 4.74 Å². The molecule has 0 saturated heterocycles. The Morgan fingerprint density at radius 3 is 2.39 bits per heavy atom. The van der Waals surface area contributed by atoms with Crippen LogP contribution in [0.15, 0.2) is 0 Å². The number of hydrogen-bond acceptors (Lipinski definition) is 4. The molecule has 18 heavy (non-hydrogen) atoms. The van der Waals surface area contributed by atoms with Gasteiger partial charge in [-0.05, 0) is 52.9 Å². The van der Waals surface area contributed by atoms with Gasteiger partial charge in [-0.15, -0.1) is 0 Å². The van der Waals surface area contributed by atoms with Gasteiger partial charge in [0.25, 0.3) is 0 Å². The van der Waals surface area contributed by atoms with E-state index in [0.717, 1.165) is 6.42 Å². The maximum atomic E-state index is 12.3. The lowest BCUT2D eigenvalue weighted by molar-refractivity contribution is -0.169. The molecular weight excluding hydrogens is 232 g/mol. The molecule has 3 aliphatic rings. The topological polar surface area (TPSA) is 66.8 Å². The fourth-order valence-electron chi connectivity index (χ4n) is 4.75. The third kappa shape index (κ3) is 1.48. The van der Waals surface area contributed by atoms with E-state index in [1.807, 2.05) is 13.8 Å². The van der Waals surface area contributed by atoms with Crippen LogP contribution in [-0.2, 0) is 9.53 Å². The lowest BCUT2D eigenvalue weighted by Gasteiger charge is -2.42. The monoisotopic (exact) mass is 254 g/mol. The van der Waals surface area contributed by atoms with Crippen LogP contribution in [0.3, 0.4) is 0 Å². The number of ether oxygens (including phenoxy) is 1. The predicted molar refractivity (Wildman–Crippen MR) is 64.8 cm³/mol. The van der Waals surface area contributed by atoms with Gasteiger partial charge in [0.1, 0.15) is 0 Å². The van der Waals surface area contributed by atoms with Gasteiger partial charge in [-0.3, -0.25) is 4.79 Å². The largest absolute Gasteiger partial charge is 0.463 e. The van der Waals surface area contributed by atoms with Gasteiger partial charge in [-0.1, -0.05) is 0 Å². The zero-order valence-electron chi connectivity index (χ0n) is 11.3. The minimum Gasteiger partial charge on any atom is -0.463 e. The molecular formula is C14H22O4. The first-order valence-corrected chi connectivity index (χ1v) is 6.78. The van der Waals surface area contributed by atoms with Crippen LogP contribution in [0.4, 0.5) is 0 Å². The molecule has 1 spiro atoms. The van der Waals surface area contributed by atoms with Crippen molar-refractivity contribution < 1.29 is 19.7 Å². The minimum absolute atomic E-state index is 0.152. The molecule has 0 aromatic heterocycles. The number of esters is 1. The fourth-order valence-corrected chi connectivity index (χ4v) is 4.75. The maximum absolute atomic E-state index is 12.3. The average Bonchev–Trinajstić information content (AvgIpc) is 2.55. The Morgan fingerprint density at radius 1 is 1.11 bits per heavy atom. The summed E-state index contributed by atoms with van der Waals surface area (Å²) < 4.78 is 5.35. The van der Waals surface area contributed by atoms with Crippen LogP contribution >= 0.6 is 0 Å². The summed E-state index contributed by atoms with van der Waals surface area (Å²) >= 11 is 0. The molecule has 102 valence electrons. The van der Waals surface area contributed by atoms with E-state index in [2.05, 4.69) is 0 Å². The van der Waals surface area contributed by atoms with Crippen molar-refractivity contribution in [3.05, 3.63) is 0 Å². The summed E-state index contributed by atoms with van der Waals surface area (Å²) in [6.45, 7) is 5.43. The molecule has 0 amide bonds. The molecule has 3 saturated carbocycles. The van der Waals surface area contributed by atoms with Crippen molar-refractivity contribution in [2.75, 3.05) is 0 Å². The van der Waals surface area contributed by atoms with Gasteiger partial charge in [-0.25, -0.2) is 0 Å². The zero-order valence-corrected chi connectivity index (χ0v) is 11.3. The predicted octanol–water partition coefficient (Wildman–Crippen LogP) is 1.38. The van der Waals surface area contributed by atoms with E-state index in [9.17, 15) is 15.0 Å². The molecule has 2 bridgehead atoms. The molecule has 4 heteroatoms. The average molecular weight is 254 g/mol. The van der Waals surface area contributed by atoms with Crippen molar-refractivity contribution in [1.82, 2.24) is 0 Å². The van der Waals surface area contributed by atoms with Crippen LogP contribution in [0.25, 0.3) is 0 Å². The highest BCUT2D eigenvalue weighted by molar-refractivity contribution is 5.79. The summed E-state index contributed by atoms with van der Waals surface area (Å²) in [7, 11) is 0. The molecule has 3 aliphatic carbocycles. The molecule has 0 aromatic rings. The van der Waals surface area contributed by atoms with Gasteiger partial charge in [0, 0.05) is 5.41 Å². The third-order valence-corrected chi connectivity index (χ3v) is 5.01. The Balaban J connectivity index is 1.91. The second-order valence-electron chi connectivity index (χ2n) is 7.43. The molecule has 0 radical (unpaired) electrons. The SMILES string of the molecule is CC(C)OC(=O)C12CC(C)(O)CC3(C1)CC3(O)C2. The Morgan fingerprint density at radius 2 is 1.78 bits per heavy atom. The fraction of sp³-hybridized carbons (Fsp3) is 0.929. The van der Waals surface area contributed by atoms with Crippen molar-refractivity contribution in [2.45, 2.75) is 70.2 Å². The highest BCUT2D eigenvalue weighted by Gasteiger charge is 2.80. The first kappa shape index (κ1) is 12.4. The highest BCUT2D eigenvalue weighted by atomic mass is 16.5. The molecule has 2 N–H and O–H groups in total. The Labute approximate surface area is 107 Å². The summed E-state index contributed by atoms with van der Waals surface area (Å²) in [6.07, 6.45) is 2.73. The minimum atomic E-state index is -0.866. The summed E-state index contributed by atoms with van der Waals surface area (Å²) in [5, 5.41) is 20.9. The van der Waals surface area contributed by atoms with Crippen LogP contribution in [0, 0.1) is 10.8 Å². The Kier molecular flexibility index (Phi) is 2.14. The van der Waals surface area contributed by atoms with Crippen LogP contribution < -0.4 is 0 Å². The Hall–Kier alpha value is -0.610. The summed E-state index contributed by atoms with van der Waals surface area (Å²) in [4.78, 5) is 12.3. The van der Waals surface area contributed by atoms with E-state index in [1.165, 1.54) is 0 Å². The first-order chi connectivity index (χ1) is 8.12. The van der Waals surface area contributed by atoms with Crippen molar-refractivity contribution in [3.8, 4) is 0 Å². The normalized spacial score (nSPS) is 53.2. The second kappa shape index (κ2) is 3.10. The maximum Gasteiger partial charge on any atom is 0.312 e. The zero-order chi connectivity index (χ0) is 13.4. The number of carbonyl (C=O) groups excluding carboxylic acids is 1. The summed E-state index contributed by atoms with van der Waals surface area (Å²) in [5.74, 6) is -0.238. The van der Waals surface area contributed by atoms with Crippen molar-refractivity contribution >= 4 is 5.97 Å². The van der Waals surface area contributed by atoms with Crippen LogP contribution in [0.1, 0.15) is 52.9 Å². The molecule has 4 atom stereocenters.